The number of carbonyl (C=O) groups excluding carboxylic acids is 1. The highest BCUT2D eigenvalue weighted by atomic mass is 16.5. The molecule has 4 aliphatic heterocycles. The highest BCUT2D eigenvalue weighted by molar-refractivity contribution is 5.85. The van der Waals surface area contributed by atoms with Crippen molar-refractivity contribution in [2.24, 2.45) is 11.3 Å². The molecule has 0 aromatic heterocycles. The van der Waals surface area contributed by atoms with Crippen molar-refractivity contribution in [3.8, 4) is 5.75 Å². The molecule has 0 unspecified atom stereocenters. The molecule has 1 aliphatic carbocycles. The van der Waals surface area contributed by atoms with Crippen molar-refractivity contribution in [2.75, 3.05) is 40.5 Å². The normalized spacial score (nSPS) is 35.4. The Morgan fingerprint density at radius 2 is 1.96 bits per heavy atom. The summed E-state index contributed by atoms with van der Waals surface area (Å²) in [4.78, 5) is 18.7. The van der Waals surface area contributed by atoms with Gasteiger partial charge in [-0.2, -0.15) is 0 Å². The number of hydrogen-bond donors (Lipinski definition) is 0. The molecule has 0 N–H and O–H groups in total. The van der Waals surface area contributed by atoms with Gasteiger partial charge in [0, 0.05) is 25.6 Å². The first-order chi connectivity index (χ1) is 13.7. The number of rotatable bonds is 5. The van der Waals surface area contributed by atoms with E-state index in [1.54, 1.807) is 14.2 Å². The summed E-state index contributed by atoms with van der Waals surface area (Å²) in [6.45, 7) is 3.76. The molecule has 1 aromatic carbocycles. The lowest BCUT2D eigenvalue weighted by Crippen LogP contribution is -2.62. The molecule has 1 amide bonds. The summed E-state index contributed by atoms with van der Waals surface area (Å²) < 4.78 is 11.0. The van der Waals surface area contributed by atoms with E-state index in [2.05, 4.69) is 28.0 Å². The third kappa shape index (κ3) is 2.70. The molecule has 5 nitrogen and oxygen atoms in total. The van der Waals surface area contributed by atoms with Crippen LogP contribution in [0.4, 0.5) is 0 Å². The summed E-state index contributed by atoms with van der Waals surface area (Å²) in [5, 5.41) is 0. The molecule has 4 heterocycles. The number of benzene rings is 1. The Balaban J connectivity index is 1.49. The summed E-state index contributed by atoms with van der Waals surface area (Å²) in [7, 11) is 3.46. The zero-order chi connectivity index (χ0) is 19.3. The average molecular weight is 385 g/mol. The fourth-order valence-electron chi connectivity index (χ4n) is 6.42. The smallest absolute Gasteiger partial charge is 0.231 e. The fraction of sp³-hybridized carbons (Fsp3) is 0.696. The van der Waals surface area contributed by atoms with Crippen molar-refractivity contribution in [1.29, 1.82) is 0 Å². The van der Waals surface area contributed by atoms with Crippen LogP contribution in [0, 0.1) is 11.3 Å². The maximum Gasteiger partial charge on any atom is 0.231 e. The average Bonchev–Trinajstić information content (AvgIpc) is 3.14. The lowest BCUT2D eigenvalue weighted by molar-refractivity contribution is -0.156. The van der Waals surface area contributed by atoms with E-state index in [0.29, 0.717) is 36.4 Å². The molecule has 5 fully saturated rings. The number of ether oxygens (including phenoxy) is 2. The van der Waals surface area contributed by atoms with Crippen LogP contribution in [0.25, 0.3) is 0 Å². The highest BCUT2D eigenvalue weighted by Gasteiger charge is 2.58. The number of amides is 1. The number of hydrogen-bond acceptors (Lipinski definition) is 4. The lowest BCUT2D eigenvalue weighted by Gasteiger charge is -2.52. The van der Waals surface area contributed by atoms with E-state index >= 15 is 0 Å². The van der Waals surface area contributed by atoms with Gasteiger partial charge in [0.25, 0.3) is 0 Å². The van der Waals surface area contributed by atoms with Crippen molar-refractivity contribution in [3.05, 3.63) is 29.8 Å². The van der Waals surface area contributed by atoms with Crippen LogP contribution in [-0.4, -0.2) is 68.3 Å². The van der Waals surface area contributed by atoms with Gasteiger partial charge in [-0.25, -0.2) is 0 Å². The quantitative estimate of drug-likeness (QED) is 0.783. The van der Waals surface area contributed by atoms with Crippen molar-refractivity contribution in [3.63, 3.8) is 0 Å². The van der Waals surface area contributed by atoms with Crippen LogP contribution in [0.5, 0.6) is 5.75 Å². The Hall–Kier alpha value is -1.59. The van der Waals surface area contributed by atoms with Crippen molar-refractivity contribution in [2.45, 2.75) is 50.1 Å². The van der Waals surface area contributed by atoms with Gasteiger partial charge in [0.05, 0.1) is 25.2 Å². The number of piperidine rings is 3. The Labute approximate surface area is 168 Å². The highest BCUT2D eigenvalue weighted by Crippen LogP contribution is 2.50. The topological polar surface area (TPSA) is 42.0 Å². The molecule has 152 valence electrons. The van der Waals surface area contributed by atoms with Gasteiger partial charge in [0.1, 0.15) is 5.75 Å². The molecular weight excluding hydrogens is 352 g/mol. The molecule has 4 saturated heterocycles. The van der Waals surface area contributed by atoms with Crippen LogP contribution in [0.15, 0.2) is 24.3 Å². The first-order valence-corrected chi connectivity index (χ1v) is 10.8. The van der Waals surface area contributed by atoms with Crippen molar-refractivity contribution in [1.82, 2.24) is 9.80 Å². The maximum absolute atomic E-state index is 13.8. The van der Waals surface area contributed by atoms with Gasteiger partial charge >= 0.3 is 0 Å². The lowest BCUT2D eigenvalue weighted by atomic mass is 9.67. The molecule has 0 radical (unpaired) electrons. The summed E-state index contributed by atoms with van der Waals surface area (Å²) in [5.41, 5.74) is 1.04. The Morgan fingerprint density at radius 3 is 2.61 bits per heavy atom. The van der Waals surface area contributed by atoms with Gasteiger partial charge in [0.15, 0.2) is 0 Å². The molecule has 1 aromatic rings. The SMILES string of the molecule is COCC1(C(=O)N2C[C@H](c3cccc(OC)c3)[C@@H]3[C@H]2C2CCN3CC2)CCC1. The molecule has 6 rings (SSSR count). The van der Waals surface area contributed by atoms with E-state index < -0.39 is 0 Å². The number of carbonyl (C=O) groups is 1. The fourth-order valence-corrected chi connectivity index (χ4v) is 6.42. The Morgan fingerprint density at radius 1 is 1.18 bits per heavy atom. The predicted molar refractivity (Wildman–Crippen MR) is 107 cm³/mol. The second-order valence-electron chi connectivity index (χ2n) is 9.26. The minimum atomic E-state index is -0.269. The van der Waals surface area contributed by atoms with Crippen LogP contribution >= 0.6 is 0 Å². The predicted octanol–water partition coefficient (Wildman–Crippen LogP) is 2.90. The standard InChI is InChI=1S/C23H32N2O3/c1-27-15-23(9-4-10-23)22(26)25-14-19(17-5-3-6-18(13-17)28-2)21-20(25)16-7-11-24(21)12-8-16/h3,5-6,13,16,19-21H,4,7-12,14-15H2,1-2H3/t19-,20-,21-/m1/s1. The van der Waals surface area contributed by atoms with Gasteiger partial charge in [-0.3, -0.25) is 9.69 Å². The second kappa shape index (κ2) is 7.03. The van der Waals surface area contributed by atoms with Crippen LogP contribution in [0.1, 0.15) is 43.6 Å². The van der Waals surface area contributed by atoms with Crippen LogP contribution in [0.3, 0.4) is 0 Å². The number of methoxy groups -OCH3 is 2. The summed E-state index contributed by atoms with van der Waals surface area (Å²) >= 11 is 0. The molecular formula is C23H32N2O3. The molecule has 3 atom stereocenters. The Bertz CT molecular complexity index is 739. The molecule has 2 bridgehead atoms. The van der Waals surface area contributed by atoms with Crippen LogP contribution in [0.2, 0.25) is 0 Å². The van der Waals surface area contributed by atoms with E-state index in [4.69, 9.17) is 9.47 Å². The first kappa shape index (κ1) is 18.4. The summed E-state index contributed by atoms with van der Waals surface area (Å²) in [6, 6.07) is 9.29. The monoisotopic (exact) mass is 384 g/mol. The maximum atomic E-state index is 13.8. The summed E-state index contributed by atoms with van der Waals surface area (Å²) in [6.07, 6.45) is 5.56. The zero-order valence-corrected chi connectivity index (χ0v) is 17.1. The van der Waals surface area contributed by atoms with Gasteiger partial charge in [-0.1, -0.05) is 18.6 Å². The number of fused-ring (bicyclic) bond motifs is 2. The third-order valence-electron chi connectivity index (χ3n) is 7.96. The van der Waals surface area contributed by atoms with Crippen LogP contribution in [-0.2, 0) is 9.53 Å². The van der Waals surface area contributed by atoms with Crippen molar-refractivity contribution >= 4 is 5.91 Å². The molecule has 1 saturated carbocycles. The first-order valence-electron chi connectivity index (χ1n) is 10.8. The van der Waals surface area contributed by atoms with E-state index in [1.807, 2.05) is 6.07 Å². The Kier molecular flexibility index (Phi) is 4.63. The molecule has 0 spiro atoms. The van der Waals surface area contributed by atoms with E-state index in [-0.39, 0.29) is 5.41 Å². The van der Waals surface area contributed by atoms with Crippen molar-refractivity contribution < 1.29 is 14.3 Å². The number of nitrogens with zero attached hydrogens (tertiary/aromatic N) is 2. The van der Waals surface area contributed by atoms with Gasteiger partial charge in [-0.05, 0) is 62.4 Å². The minimum Gasteiger partial charge on any atom is -0.497 e. The van der Waals surface area contributed by atoms with Crippen LogP contribution < -0.4 is 4.74 Å². The van der Waals surface area contributed by atoms with Gasteiger partial charge in [0.2, 0.25) is 5.91 Å². The molecule has 5 heteroatoms. The third-order valence-corrected chi connectivity index (χ3v) is 7.96. The second-order valence-corrected chi connectivity index (χ2v) is 9.26. The van der Waals surface area contributed by atoms with Gasteiger partial charge < -0.3 is 14.4 Å². The minimum absolute atomic E-state index is 0.269. The van der Waals surface area contributed by atoms with E-state index in [0.717, 1.165) is 31.6 Å². The largest absolute Gasteiger partial charge is 0.497 e. The number of likely N-dealkylation sites (tertiary alicyclic amines) is 1. The molecule has 28 heavy (non-hydrogen) atoms. The van der Waals surface area contributed by atoms with Gasteiger partial charge in [-0.15, -0.1) is 0 Å². The van der Waals surface area contributed by atoms with E-state index in [1.165, 1.54) is 31.5 Å². The van der Waals surface area contributed by atoms with E-state index in [9.17, 15) is 4.79 Å². The summed E-state index contributed by atoms with van der Waals surface area (Å²) in [5.74, 6) is 2.28. The zero-order valence-electron chi connectivity index (χ0n) is 17.1. The molecule has 5 aliphatic rings.